The molecule has 8 heteroatoms. The normalized spacial score (nSPS) is 10.1. The van der Waals surface area contributed by atoms with Gasteiger partial charge >= 0.3 is 6.03 Å². The molecule has 0 saturated heterocycles. The van der Waals surface area contributed by atoms with E-state index in [4.69, 9.17) is 16.9 Å². The Kier molecular flexibility index (Phi) is 4.27. The Labute approximate surface area is 125 Å². The molecule has 2 aromatic rings. The summed E-state index contributed by atoms with van der Waals surface area (Å²) in [5.41, 5.74) is 0.327. The van der Waals surface area contributed by atoms with Crippen LogP contribution in [0.1, 0.15) is 10.4 Å². The van der Waals surface area contributed by atoms with Crippen molar-refractivity contribution in [3.63, 3.8) is 0 Å². The molecule has 1 N–H and O–H groups in total. The zero-order valence-electron chi connectivity index (χ0n) is 10.9. The average molecular weight is 310 g/mol. The highest BCUT2D eigenvalue weighted by atomic mass is 35.5. The number of anilines is 1. The molecule has 0 aliphatic heterocycles. The summed E-state index contributed by atoms with van der Waals surface area (Å²) in [6, 6.07) is 5.32. The molecule has 20 heavy (non-hydrogen) atoms. The summed E-state index contributed by atoms with van der Waals surface area (Å²) in [7, 11) is 3.35. The molecule has 6 nitrogen and oxygen atoms in total. The van der Waals surface area contributed by atoms with E-state index in [1.54, 1.807) is 26.4 Å². The average Bonchev–Trinajstić information content (AvgIpc) is 2.95. The highest BCUT2D eigenvalue weighted by Gasteiger charge is 2.15. The van der Waals surface area contributed by atoms with E-state index in [0.717, 1.165) is 4.88 Å². The predicted molar refractivity (Wildman–Crippen MR) is 77.7 cm³/mol. The number of nitrogens with one attached hydrogen (secondary N) is 1. The van der Waals surface area contributed by atoms with E-state index in [1.165, 1.54) is 20.9 Å². The minimum absolute atomic E-state index is 0.260. The van der Waals surface area contributed by atoms with Gasteiger partial charge < -0.3 is 4.90 Å². The number of urea groups is 1. The van der Waals surface area contributed by atoms with Gasteiger partial charge in [0.1, 0.15) is 11.6 Å². The summed E-state index contributed by atoms with van der Waals surface area (Å²) in [4.78, 5) is 14.5. The van der Waals surface area contributed by atoms with E-state index < -0.39 is 0 Å². The van der Waals surface area contributed by atoms with Crippen molar-refractivity contribution in [2.75, 3.05) is 12.4 Å². The third-order valence-corrected chi connectivity index (χ3v) is 3.76. The molecule has 0 aliphatic rings. The van der Waals surface area contributed by atoms with E-state index >= 15 is 0 Å². The standard InChI is InChI=1S/C12H12ClN5OS/c1-17(7-9-3-4-10(13)20-9)12(19)15-11-8(5-14)6-18(2)16-11/h3-4,6H,7H2,1-2H3,(H,15,16,19). The third kappa shape index (κ3) is 3.29. The maximum absolute atomic E-state index is 12.0. The lowest BCUT2D eigenvalue weighted by Crippen LogP contribution is -2.31. The molecule has 2 rings (SSSR count). The van der Waals surface area contributed by atoms with Gasteiger partial charge in [-0.15, -0.1) is 11.3 Å². The number of thiophene rings is 1. The van der Waals surface area contributed by atoms with Crippen LogP contribution in [-0.2, 0) is 13.6 Å². The minimum Gasteiger partial charge on any atom is -0.322 e. The Morgan fingerprint density at radius 3 is 3.00 bits per heavy atom. The van der Waals surface area contributed by atoms with Crippen LogP contribution in [0, 0.1) is 11.3 Å². The number of carbonyl (C=O) groups is 1. The molecule has 2 heterocycles. The summed E-state index contributed by atoms with van der Waals surface area (Å²) in [5, 5.41) is 15.6. The molecule has 0 unspecified atom stereocenters. The lowest BCUT2D eigenvalue weighted by Gasteiger charge is -2.16. The van der Waals surface area contributed by atoms with Gasteiger partial charge in [-0.05, 0) is 12.1 Å². The quantitative estimate of drug-likeness (QED) is 0.947. The predicted octanol–water partition coefficient (Wildman–Crippen LogP) is 2.67. The maximum atomic E-state index is 12.0. The molecule has 0 bridgehead atoms. The molecule has 104 valence electrons. The van der Waals surface area contributed by atoms with Crippen molar-refractivity contribution in [3.05, 3.63) is 33.1 Å². The fourth-order valence-electron chi connectivity index (χ4n) is 1.60. The summed E-state index contributed by atoms with van der Waals surface area (Å²) >= 11 is 7.27. The lowest BCUT2D eigenvalue weighted by molar-refractivity contribution is 0.221. The van der Waals surface area contributed by atoms with Gasteiger partial charge in [-0.3, -0.25) is 10.00 Å². The Morgan fingerprint density at radius 2 is 2.40 bits per heavy atom. The van der Waals surface area contributed by atoms with Crippen molar-refractivity contribution in [2.45, 2.75) is 6.54 Å². The Hall–Kier alpha value is -2.04. The van der Waals surface area contributed by atoms with Crippen LogP contribution in [0.25, 0.3) is 0 Å². The van der Waals surface area contributed by atoms with Gasteiger partial charge in [0.15, 0.2) is 5.82 Å². The van der Waals surface area contributed by atoms with E-state index in [0.29, 0.717) is 16.4 Å². The number of amides is 2. The van der Waals surface area contributed by atoms with Gasteiger partial charge in [0.05, 0.1) is 10.9 Å². The molecule has 0 fully saturated rings. The van der Waals surface area contributed by atoms with Crippen LogP contribution in [0.3, 0.4) is 0 Å². The number of nitriles is 1. The largest absolute Gasteiger partial charge is 0.323 e. The smallest absolute Gasteiger partial charge is 0.322 e. The summed E-state index contributed by atoms with van der Waals surface area (Å²) in [5.74, 6) is 0.260. The van der Waals surface area contributed by atoms with Gasteiger partial charge in [-0.1, -0.05) is 11.6 Å². The number of nitrogens with zero attached hydrogens (tertiary/aromatic N) is 4. The molecule has 2 amide bonds. The first-order chi connectivity index (χ1) is 9.49. The second-order valence-corrected chi connectivity index (χ2v) is 5.97. The van der Waals surface area contributed by atoms with Gasteiger partial charge in [0.2, 0.25) is 0 Å². The Bertz CT molecular complexity index is 672. The van der Waals surface area contributed by atoms with E-state index in [1.807, 2.05) is 12.1 Å². The molecular weight excluding hydrogens is 298 g/mol. The molecule has 0 aromatic carbocycles. The minimum atomic E-state index is -0.329. The summed E-state index contributed by atoms with van der Waals surface area (Å²) < 4.78 is 2.16. The first-order valence-electron chi connectivity index (χ1n) is 5.69. The van der Waals surface area contributed by atoms with Gasteiger partial charge in [-0.2, -0.15) is 10.4 Å². The Morgan fingerprint density at radius 1 is 1.65 bits per heavy atom. The number of aromatic nitrogens is 2. The maximum Gasteiger partial charge on any atom is 0.323 e. The fourth-order valence-corrected chi connectivity index (χ4v) is 2.74. The van der Waals surface area contributed by atoms with Crippen LogP contribution < -0.4 is 5.32 Å². The van der Waals surface area contributed by atoms with Crippen LogP contribution in [0.4, 0.5) is 10.6 Å². The number of aryl methyl sites for hydroxylation is 1. The number of halogens is 1. The van der Waals surface area contributed by atoms with Crippen molar-refractivity contribution < 1.29 is 4.79 Å². The zero-order valence-corrected chi connectivity index (χ0v) is 12.5. The van der Waals surface area contributed by atoms with Gasteiger partial charge in [-0.25, -0.2) is 4.79 Å². The number of carbonyl (C=O) groups excluding carboxylic acids is 1. The lowest BCUT2D eigenvalue weighted by atomic mass is 10.3. The van der Waals surface area contributed by atoms with Crippen molar-refractivity contribution >= 4 is 34.8 Å². The second-order valence-electron chi connectivity index (χ2n) is 4.17. The van der Waals surface area contributed by atoms with Crippen LogP contribution >= 0.6 is 22.9 Å². The van der Waals surface area contributed by atoms with Crippen LogP contribution in [0.2, 0.25) is 4.34 Å². The summed E-state index contributed by atoms with van der Waals surface area (Å²) in [6.45, 7) is 0.442. The fraction of sp³-hybridized carbons (Fsp3) is 0.250. The topological polar surface area (TPSA) is 74.0 Å². The van der Waals surface area contributed by atoms with E-state index in [9.17, 15) is 4.79 Å². The van der Waals surface area contributed by atoms with Gasteiger partial charge in [0, 0.05) is 25.2 Å². The molecule has 0 radical (unpaired) electrons. The Balaban J connectivity index is 2.02. The zero-order chi connectivity index (χ0) is 14.7. The van der Waals surface area contributed by atoms with Crippen LogP contribution in [-0.4, -0.2) is 27.8 Å². The SMILES string of the molecule is CN(Cc1ccc(Cl)s1)C(=O)Nc1nn(C)cc1C#N. The third-order valence-electron chi connectivity index (χ3n) is 2.54. The molecule has 0 spiro atoms. The molecule has 0 saturated carbocycles. The van der Waals surface area contributed by atoms with Crippen molar-refractivity contribution in [3.8, 4) is 6.07 Å². The first kappa shape index (κ1) is 14.4. The van der Waals surface area contributed by atoms with Crippen LogP contribution in [0.15, 0.2) is 18.3 Å². The van der Waals surface area contributed by atoms with Gasteiger partial charge in [0.25, 0.3) is 0 Å². The van der Waals surface area contributed by atoms with Crippen molar-refractivity contribution in [1.29, 1.82) is 5.26 Å². The number of hydrogen-bond donors (Lipinski definition) is 1. The molecule has 2 aromatic heterocycles. The van der Waals surface area contributed by atoms with E-state index in [2.05, 4.69) is 10.4 Å². The van der Waals surface area contributed by atoms with Crippen molar-refractivity contribution in [2.24, 2.45) is 7.05 Å². The molecular formula is C12H12ClN5OS. The molecule has 0 atom stereocenters. The number of hydrogen-bond acceptors (Lipinski definition) is 4. The second kappa shape index (κ2) is 5.94. The van der Waals surface area contributed by atoms with Crippen molar-refractivity contribution in [1.82, 2.24) is 14.7 Å². The highest BCUT2D eigenvalue weighted by molar-refractivity contribution is 7.16. The number of rotatable bonds is 3. The molecule has 0 aliphatic carbocycles. The van der Waals surface area contributed by atoms with E-state index in [-0.39, 0.29) is 11.8 Å². The monoisotopic (exact) mass is 309 g/mol. The van der Waals surface area contributed by atoms with Crippen LogP contribution in [0.5, 0.6) is 0 Å². The summed E-state index contributed by atoms with van der Waals surface area (Å²) in [6.07, 6.45) is 1.55. The highest BCUT2D eigenvalue weighted by Crippen LogP contribution is 2.22. The first-order valence-corrected chi connectivity index (χ1v) is 6.89.